The van der Waals surface area contributed by atoms with Gasteiger partial charge in [0.05, 0.1) is 29.8 Å². The highest BCUT2D eigenvalue weighted by Gasteiger charge is 2.15. The van der Waals surface area contributed by atoms with Gasteiger partial charge < -0.3 is 14.8 Å². The molecule has 7 nitrogen and oxygen atoms in total. The predicted molar refractivity (Wildman–Crippen MR) is 104 cm³/mol. The number of hydrogen-bond acceptors (Lipinski definition) is 5. The third-order valence-corrected chi connectivity index (χ3v) is 5.52. The summed E-state index contributed by atoms with van der Waals surface area (Å²) in [6.45, 7) is 0.0492. The number of rotatable bonds is 9. The van der Waals surface area contributed by atoms with E-state index in [-0.39, 0.29) is 30.2 Å². The Bertz CT molecular complexity index is 936. The van der Waals surface area contributed by atoms with Crippen LogP contribution in [0, 0.1) is 5.82 Å². The SMILES string of the molecule is COc1cc(OC)c(NC(=O)CCCNS(=O)(=O)c2ccc(F)cc2)cc1Cl. The molecule has 2 rings (SSSR count). The minimum atomic E-state index is -3.76. The highest BCUT2D eigenvalue weighted by atomic mass is 35.5. The van der Waals surface area contributed by atoms with Crippen LogP contribution in [-0.2, 0) is 14.8 Å². The first-order valence-electron chi connectivity index (χ1n) is 8.23. The van der Waals surface area contributed by atoms with Crippen LogP contribution in [0.4, 0.5) is 10.1 Å². The summed E-state index contributed by atoms with van der Waals surface area (Å²) in [6, 6.07) is 7.53. The zero-order valence-corrected chi connectivity index (χ0v) is 16.9. The molecule has 2 aromatic rings. The molecule has 0 saturated carbocycles. The Balaban J connectivity index is 1.88. The molecule has 0 radical (unpaired) electrons. The Morgan fingerprint density at radius 1 is 1.11 bits per heavy atom. The Morgan fingerprint density at radius 3 is 2.36 bits per heavy atom. The number of nitrogens with one attached hydrogen (secondary N) is 2. The topological polar surface area (TPSA) is 93.7 Å². The van der Waals surface area contributed by atoms with E-state index in [4.69, 9.17) is 21.1 Å². The highest BCUT2D eigenvalue weighted by Crippen LogP contribution is 2.35. The first-order valence-corrected chi connectivity index (χ1v) is 10.1. The number of sulfonamides is 1. The first kappa shape index (κ1) is 21.9. The number of anilines is 1. The molecule has 0 heterocycles. The van der Waals surface area contributed by atoms with Gasteiger partial charge in [-0.1, -0.05) is 11.6 Å². The Kier molecular flexibility index (Phi) is 7.61. The van der Waals surface area contributed by atoms with Crippen molar-refractivity contribution in [1.29, 1.82) is 0 Å². The average molecular weight is 431 g/mol. The van der Waals surface area contributed by atoms with E-state index in [1.54, 1.807) is 6.07 Å². The van der Waals surface area contributed by atoms with Crippen LogP contribution in [0.3, 0.4) is 0 Å². The van der Waals surface area contributed by atoms with E-state index in [1.807, 2.05) is 0 Å². The third-order valence-electron chi connectivity index (χ3n) is 3.74. The molecule has 0 bridgehead atoms. The standard InChI is InChI=1S/C18H20ClFN2O5S/c1-26-16-11-17(27-2)15(10-14(16)19)22-18(23)4-3-9-21-28(24,25)13-7-5-12(20)6-8-13/h5-8,10-11,21H,3-4,9H2,1-2H3,(H,22,23). The van der Waals surface area contributed by atoms with E-state index in [2.05, 4.69) is 10.0 Å². The number of halogens is 2. The van der Waals surface area contributed by atoms with Gasteiger partial charge in [-0.15, -0.1) is 0 Å². The van der Waals surface area contributed by atoms with Gasteiger partial charge in [0.1, 0.15) is 17.3 Å². The maximum absolute atomic E-state index is 12.9. The summed E-state index contributed by atoms with van der Waals surface area (Å²) in [5.74, 6) is -0.0662. The van der Waals surface area contributed by atoms with Crippen molar-refractivity contribution in [2.24, 2.45) is 0 Å². The van der Waals surface area contributed by atoms with Crippen molar-refractivity contribution in [3.63, 3.8) is 0 Å². The minimum absolute atomic E-state index is 0.0454. The fourth-order valence-electron chi connectivity index (χ4n) is 2.32. The van der Waals surface area contributed by atoms with Gasteiger partial charge in [-0.05, 0) is 36.8 Å². The first-order chi connectivity index (χ1) is 13.3. The summed E-state index contributed by atoms with van der Waals surface area (Å²) in [5, 5.41) is 2.98. The van der Waals surface area contributed by atoms with Crippen molar-refractivity contribution >= 4 is 33.2 Å². The second-order valence-electron chi connectivity index (χ2n) is 5.69. The van der Waals surface area contributed by atoms with Crippen LogP contribution < -0.4 is 19.5 Å². The molecular weight excluding hydrogens is 411 g/mol. The molecule has 0 aromatic heterocycles. The largest absolute Gasteiger partial charge is 0.495 e. The van der Waals surface area contributed by atoms with Gasteiger partial charge in [0.2, 0.25) is 15.9 Å². The lowest BCUT2D eigenvalue weighted by atomic mass is 10.2. The molecule has 0 aliphatic rings. The van der Waals surface area contributed by atoms with E-state index >= 15 is 0 Å². The van der Waals surface area contributed by atoms with Gasteiger partial charge in [-0.2, -0.15) is 0 Å². The lowest BCUT2D eigenvalue weighted by Crippen LogP contribution is -2.25. The van der Waals surface area contributed by atoms with Crippen LogP contribution >= 0.6 is 11.6 Å². The van der Waals surface area contributed by atoms with Gasteiger partial charge in [0, 0.05) is 19.0 Å². The Labute approximate surface area is 167 Å². The summed E-state index contributed by atoms with van der Waals surface area (Å²) in [7, 11) is -0.846. The molecule has 2 N–H and O–H groups in total. The van der Waals surface area contributed by atoms with Crippen LogP contribution in [0.15, 0.2) is 41.3 Å². The number of ether oxygens (including phenoxy) is 2. The maximum Gasteiger partial charge on any atom is 0.240 e. The van der Waals surface area contributed by atoms with Gasteiger partial charge in [0.25, 0.3) is 0 Å². The Morgan fingerprint density at radius 2 is 1.75 bits per heavy atom. The number of benzene rings is 2. The molecule has 0 aliphatic carbocycles. The molecule has 0 fully saturated rings. The molecule has 0 saturated heterocycles. The highest BCUT2D eigenvalue weighted by molar-refractivity contribution is 7.89. The van der Waals surface area contributed by atoms with Crippen LogP contribution in [0.5, 0.6) is 11.5 Å². The van der Waals surface area contributed by atoms with Crippen molar-refractivity contribution in [2.75, 3.05) is 26.1 Å². The predicted octanol–water partition coefficient (Wildman–Crippen LogP) is 3.19. The van der Waals surface area contributed by atoms with Crippen molar-refractivity contribution in [1.82, 2.24) is 4.72 Å². The van der Waals surface area contributed by atoms with E-state index in [0.717, 1.165) is 12.1 Å². The van der Waals surface area contributed by atoms with Crippen molar-refractivity contribution in [2.45, 2.75) is 17.7 Å². The van der Waals surface area contributed by atoms with E-state index < -0.39 is 15.8 Å². The summed E-state index contributed by atoms with van der Waals surface area (Å²) in [4.78, 5) is 12.1. The quantitative estimate of drug-likeness (QED) is 0.596. The summed E-state index contributed by atoms with van der Waals surface area (Å²) < 4.78 is 49.7. The lowest BCUT2D eigenvalue weighted by molar-refractivity contribution is -0.116. The van der Waals surface area contributed by atoms with Crippen LogP contribution in [0.2, 0.25) is 5.02 Å². The molecule has 1 amide bonds. The average Bonchev–Trinajstić information content (AvgIpc) is 2.66. The lowest BCUT2D eigenvalue weighted by Gasteiger charge is -2.13. The maximum atomic E-state index is 12.9. The minimum Gasteiger partial charge on any atom is -0.495 e. The summed E-state index contributed by atoms with van der Waals surface area (Å²) in [5.41, 5.74) is 0.380. The van der Waals surface area contributed by atoms with E-state index in [0.29, 0.717) is 22.2 Å². The fourth-order valence-corrected chi connectivity index (χ4v) is 3.64. The smallest absolute Gasteiger partial charge is 0.240 e. The van der Waals surface area contributed by atoms with Gasteiger partial charge in [0.15, 0.2) is 0 Å². The van der Waals surface area contributed by atoms with E-state index in [9.17, 15) is 17.6 Å². The van der Waals surface area contributed by atoms with E-state index in [1.165, 1.54) is 32.4 Å². The fraction of sp³-hybridized carbons (Fsp3) is 0.278. The summed E-state index contributed by atoms with van der Waals surface area (Å²) in [6.07, 6.45) is 0.331. The van der Waals surface area contributed by atoms with Crippen molar-refractivity contribution in [3.8, 4) is 11.5 Å². The van der Waals surface area contributed by atoms with Gasteiger partial charge in [-0.3, -0.25) is 4.79 Å². The molecule has 0 unspecified atom stereocenters. The molecule has 0 aliphatic heterocycles. The van der Waals surface area contributed by atoms with Gasteiger partial charge in [-0.25, -0.2) is 17.5 Å². The number of methoxy groups -OCH3 is 2. The molecule has 2 aromatic carbocycles. The monoisotopic (exact) mass is 430 g/mol. The molecular formula is C18H20ClFN2O5S. The van der Waals surface area contributed by atoms with Crippen molar-refractivity contribution in [3.05, 3.63) is 47.2 Å². The second kappa shape index (κ2) is 9.72. The zero-order valence-electron chi connectivity index (χ0n) is 15.3. The number of carbonyl (C=O) groups is 1. The normalized spacial score (nSPS) is 11.1. The van der Waals surface area contributed by atoms with Gasteiger partial charge >= 0.3 is 0 Å². The van der Waals surface area contributed by atoms with Crippen molar-refractivity contribution < 1.29 is 27.1 Å². The second-order valence-corrected chi connectivity index (χ2v) is 7.86. The Hall–Kier alpha value is -2.36. The summed E-state index contributed by atoms with van der Waals surface area (Å²) >= 11 is 6.05. The molecule has 0 atom stereocenters. The number of hydrogen-bond donors (Lipinski definition) is 2. The zero-order chi connectivity index (χ0) is 20.7. The number of amides is 1. The molecule has 10 heteroatoms. The van der Waals surface area contributed by atoms with Crippen LogP contribution in [-0.4, -0.2) is 35.1 Å². The number of carbonyl (C=O) groups excluding carboxylic acids is 1. The molecule has 28 heavy (non-hydrogen) atoms. The molecule has 152 valence electrons. The third kappa shape index (κ3) is 5.82. The molecule has 0 spiro atoms. The van der Waals surface area contributed by atoms with Crippen LogP contribution in [0.1, 0.15) is 12.8 Å². The van der Waals surface area contributed by atoms with Crippen LogP contribution in [0.25, 0.3) is 0 Å².